The van der Waals surface area contributed by atoms with Gasteiger partial charge in [0.2, 0.25) is 0 Å². The predicted molar refractivity (Wildman–Crippen MR) is 106 cm³/mol. The van der Waals surface area contributed by atoms with Crippen molar-refractivity contribution in [2.24, 2.45) is 16.7 Å². The lowest BCUT2D eigenvalue weighted by Gasteiger charge is -2.73. The smallest absolute Gasteiger partial charge is 0.303 e. The molecule has 1 heterocycles. The van der Waals surface area contributed by atoms with Crippen LogP contribution in [0.4, 0.5) is 0 Å². The Morgan fingerprint density at radius 2 is 1.72 bits per heavy atom. The topological polar surface area (TPSA) is 116 Å². The van der Waals surface area contributed by atoms with Crippen molar-refractivity contribution in [2.45, 2.75) is 102 Å². The third-order valence-corrected chi connectivity index (χ3v) is 8.27. The lowest BCUT2D eigenvalue weighted by Crippen LogP contribution is -2.87. The van der Waals surface area contributed by atoms with Crippen LogP contribution in [-0.2, 0) is 14.3 Å². The molecule has 0 radical (unpaired) electrons. The van der Waals surface area contributed by atoms with Crippen LogP contribution < -0.4 is 0 Å². The minimum absolute atomic E-state index is 0.0565. The van der Waals surface area contributed by atoms with Crippen molar-refractivity contribution in [3.05, 3.63) is 12.7 Å². The molecule has 0 aromatic heterocycles. The van der Waals surface area contributed by atoms with Crippen molar-refractivity contribution in [3.63, 3.8) is 0 Å². The van der Waals surface area contributed by atoms with Crippen LogP contribution in [0.5, 0.6) is 0 Å². The molecule has 0 aromatic carbocycles. The first kappa shape index (κ1) is 22.7. The van der Waals surface area contributed by atoms with Gasteiger partial charge in [0.05, 0.1) is 23.9 Å². The number of aliphatic hydroxyl groups excluding tert-OH is 3. The summed E-state index contributed by atoms with van der Waals surface area (Å²) in [6.07, 6.45) is -2.11. The van der Waals surface area contributed by atoms with Gasteiger partial charge in [-0.15, -0.1) is 6.58 Å². The minimum Gasteiger partial charge on any atom is -0.457 e. The van der Waals surface area contributed by atoms with E-state index in [1.807, 2.05) is 13.8 Å². The second-order valence-corrected chi connectivity index (χ2v) is 10.5. The zero-order valence-corrected chi connectivity index (χ0v) is 18.3. The molecule has 7 heteroatoms. The van der Waals surface area contributed by atoms with Gasteiger partial charge in [0, 0.05) is 24.7 Å². The molecule has 2 saturated carbocycles. The standard InChI is InChI=1S/C22H36O7/c1-8-19(5)11-14(25)22(27)20(6)13(24)9-10-18(3,4)16(20)15(26)17(28-12(2)23)21(22,7)29-19/h8,13-17,24-27H,1,9-11H2,2-7H3/t13-,14-,15?,16-,17?,19-,20?,21+,22-/m0/s1. The van der Waals surface area contributed by atoms with Crippen molar-refractivity contribution in [3.8, 4) is 0 Å². The average Bonchev–Trinajstić information content (AvgIpc) is 2.59. The molecule has 0 bridgehead atoms. The number of rotatable bonds is 2. The molecule has 3 aliphatic rings. The third-order valence-electron chi connectivity index (χ3n) is 8.27. The monoisotopic (exact) mass is 412 g/mol. The highest BCUT2D eigenvalue weighted by atomic mass is 16.6. The quantitative estimate of drug-likeness (QED) is 0.399. The van der Waals surface area contributed by atoms with E-state index < -0.39 is 63.9 Å². The van der Waals surface area contributed by atoms with E-state index in [2.05, 4.69) is 6.58 Å². The highest BCUT2D eigenvalue weighted by Gasteiger charge is 2.80. The predicted octanol–water partition coefficient (Wildman–Crippen LogP) is 1.31. The molecule has 1 saturated heterocycles. The van der Waals surface area contributed by atoms with E-state index in [1.54, 1.807) is 20.8 Å². The summed E-state index contributed by atoms with van der Waals surface area (Å²) >= 11 is 0. The van der Waals surface area contributed by atoms with Crippen LogP contribution in [0.25, 0.3) is 0 Å². The van der Waals surface area contributed by atoms with Crippen molar-refractivity contribution < 1.29 is 34.7 Å². The fraction of sp³-hybridized carbons (Fsp3) is 0.864. The summed E-state index contributed by atoms with van der Waals surface area (Å²) in [6, 6.07) is 0. The molecule has 166 valence electrons. The Labute approximate surface area is 172 Å². The highest BCUT2D eigenvalue weighted by molar-refractivity contribution is 5.66. The largest absolute Gasteiger partial charge is 0.457 e. The lowest BCUT2D eigenvalue weighted by molar-refractivity contribution is -0.412. The number of aliphatic hydroxyl groups is 4. The number of hydrogen-bond donors (Lipinski definition) is 4. The van der Waals surface area contributed by atoms with Gasteiger partial charge in [0.1, 0.15) is 11.2 Å². The van der Waals surface area contributed by atoms with E-state index in [9.17, 15) is 25.2 Å². The SMILES string of the molecule is C=C[C@@]1(C)C[C@H](O)[C@]2(O)C3(C)[C@@H](O)CCC(C)(C)[C@@H]3C(O)C(OC(C)=O)[C@@]2(C)O1. The normalized spacial score (nSPS) is 54.1. The van der Waals surface area contributed by atoms with Crippen LogP contribution >= 0.6 is 0 Å². The van der Waals surface area contributed by atoms with Gasteiger partial charge >= 0.3 is 5.97 Å². The zero-order chi connectivity index (χ0) is 22.2. The summed E-state index contributed by atoms with van der Waals surface area (Å²) < 4.78 is 11.9. The van der Waals surface area contributed by atoms with E-state index in [-0.39, 0.29) is 6.42 Å². The molecule has 2 aliphatic carbocycles. The number of carbonyl (C=O) groups excluding carboxylic acids is 1. The number of hydrogen-bond acceptors (Lipinski definition) is 7. The highest BCUT2D eigenvalue weighted by Crippen LogP contribution is 2.67. The molecule has 0 spiro atoms. The summed E-state index contributed by atoms with van der Waals surface area (Å²) in [7, 11) is 0. The Bertz CT molecular complexity index is 707. The molecule has 4 N–H and O–H groups in total. The van der Waals surface area contributed by atoms with Crippen molar-refractivity contribution in [1.29, 1.82) is 0 Å². The van der Waals surface area contributed by atoms with Crippen LogP contribution in [0.1, 0.15) is 60.8 Å². The van der Waals surface area contributed by atoms with Gasteiger partial charge in [-0.25, -0.2) is 0 Å². The molecule has 3 fully saturated rings. The Hall–Kier alpha value is -0.990. The van der Waals surface area contributed by atoms with Crippen LogP contribution in [0, 0.1) is 16.7 Å². The van der Waals surface area contributed by atoms with Gasteiger partial charge in [-0.05, 0) is 32.1 Å². The molecule has 1 aliphatic heterocycles. The number of carbonyl (C=O) groups is 1. The molecule has 29 heavy (non-hydrogen) atoms. The summed E-state index contributed by atoms with van der Waals surface area (Å²) in [5.41, 5.74) is -6.47. The van der Waals surface area contributed by atoms with Gasteiger partial charge in [0.15, 0.2) is 6.10 Å². The van der Waals surface area contributed by atoms with Crippen molar-refractivity contribution >= 4 is 5.97 Å². The number of ether oxygens (including phenoxy) is 2. The summed E-state index contributed by atoms with van der Waals surface area (Å²) in [5.74, 6) is -1.27. The summed E-state index contributed by atoms with van der Waals surface area (Å²) in [4.78, 5) is 12.0. The van der Waals surface area contributed by atoms with E-state index in [0.717, 1.165) is 0 Å². The minimum atomic E-state index is -1.98. The molecule has 0 aromatic rings. The first-order valence-corrected chi connectivity index (χ1v) is 10.4. The fourth-order valence-electron chi connectivity index (χ4n) is 6.91. The second-order valence-electron chi connectivity index (χ2n) is 10.5. The van der Waals surface area contributed by atoms with Crippen molar-refractivity contribution in [2.75, 3.05) is 0 Å². The third kappa shape index (κ3) is 2.71. The maximum absolute atomic E-state index is 12.2. The second kappa shape index (κ2) is 6.50. The van der Waals surface area contributed by atoms with Crippen molar-refractivity contribution in [1.82, 2.24) is 0 Å². The van der Waals surface area contributed by atoms with Gasteiger partial charge in [-0.2, -0.15) is 0 Å². The van der Waals surface area contributed by atoms with Crippen LogP contribution in [0.2, 0.25) is 0 Å². The maximum Gasteiger partial charge on any atom is 0.303 e. The van der Waals surface area contributed by atoms with E-state index in [0.29, 0.717) is 12.8 Å². The van der Waals surface area contributed by atoms with Gasteiger partial charge in [-0.3, -0.25) is 4.79 Å². The number of fused-ring (bicyclic) bond motifs is 3. The molecule has 9 atom stereocenters. The Morgan fingerprint density at radius 1 is 1.14 bits per heavy atom. The maximum atomic E-state index is 12.2. The lowest BCUT2D eigenvalue weighted by atomic mass is 9.39. The fourth-order valence-corrected chi connectivity index (χ4v) is 6.91. The van der Waals surface area contributed by atoms with Gasteiger partial charge in [-0.1, -0.05) is 26.8 Å². The summed E-state index contributed by atoms with van der Waals surface area (Å²) in [5, 5.41) is 46.2. The Balaban J connectivity index is 2.31. The number of esters is 1. The molecule has 3 unspecified atom stereocenters. The first-order valence-electron chi connectivity index (χ1n) is 10.4. The molecular weight excluding hydrogens is 376 g/mol. The van der Waals surface area contributed by atoms with Gasteiger partial charge in [0.25, 0.3) is 0 Å². The molecular formula is C22H36O7. The Kier molecular flexibility index (Phi) is 5.09. The van der Waals surface area contributed by atoms with E-state index in [1.165, 1.54) is 13.0 Å². The zero-order valence-electron chi connectivity index (χ0n) is 18.3. The molecule has 3 rings (SSSR count). The Morgan fingerprint density at radius 3 is 2.24 bits per heavy atom. The van der Waals surface area contributed by atoms with Crippen LogP contribution in [0.3, 0.4) is 0 Å². The average molecular weight is 413 g/mol. The molecule has 0 amide bonds. The van der Waals surface area contributed by atoms with E-state index in [4.69, 9.17) is 9.47 Å². The van der Waals surface area contributed by atoms with E-state index >= 15 is 0 Å². The first-order chi connectivity index (χ1) is 13.1. The van der Waals surface area contributed by atoms with Gasteiger partial charge < -0.3 is 29.9 Å². The van der Waals surface area contributed by atoms with Crippen LogP contribution in [0.15, 0.2) is 12.7 Å². The van der Waals surface area contributed by atoms with Crippen LogP contribution in [-0.4, -0.2) is 67.6 Å². The summed E-state index contributed by atoms with van der Waals surface area (Å²) in [6.45, 7) is 13.9. The molecule has 7 nitrogen and oxygen atoms in total.